The molecule has 0 atom stereocenters. The molecular weight excluding hydrogens is 325 g/mol. The topological polar surface area (TPSA) is 100 Å². The fourth-order valence-electron chi connectivity index (χ4n) is 1.75. The molecule has 0 bridgehead atoms. The summed E-state index contributed by atoms with van der Waals surface area (Å²) in [4.78, 5) is 11.9. The predicted molar refractivity (Wildman–Crippen MR) is 78.4 cm³/mol. The number of nitrogens with one attached hydrogen (secondary N) is 1. The molecule has 23 heavy (non-hydrogen) atoms. The maximum Gasteiger partial charge on any atom is 0.271 e. The number of hydrogen-bond donors (Lipinski definition) is 2. The monoisotopic (exact) mass is 340 g/mol. The summed E-state index contributed by atoms with van der Waals surface area (Å²) in [5, 5.41) is 6.56. The van der Waals surface area contributed by atoms with Gasteiger partial charge in [-0.15, -0.1) is 0 Å². The normalized spacial score (nSPS) is 11.2. The van der Waals surface area contributed by atoms with E-state index in [2.05, 4.69) is 10.4 Å². The lowest BCUT2D eigenvalue weighted by Gasteiger charge is -2.04. The van der Waals surface area contributed by atoms with Crippen molar-refractivity contribution in [2.75, 3.05) is 5.75 Å². The number of halogens is 1. The van der Waals surface area contributed by atoms with E-state index in [1.54, 1.807) is 12.1 Å². The Balaban J connectivity index is 1.91. The van der Waals surface area contributed by atoms with Crippen LogP contribution in [-0.4, -0.2) is 29.7 Å². The van der Waals surface area contributed by atoms with Crippen LogP contribution in [0.3, 0.4) is 0 Å². The van der Waals surface area contributed by atoms with Crippen LogP contribution in [0.15, 0.2) is 42.7 Å². The average Bonchev–Trinajstić information content (AvgIpc) is 2.52. The Kier molecular flexibility index (Phi) is 5.35. The van der Waals surface area contributed by atoms with Gasteiger partial charge in [0.2, 0.25) is 0 Å². The van der Waals surface area contributed by atoms with E-state index in [1.165, 1.54) is 35.3 Å². The minimum Gasteiger partial charge on any atom is -0.348 e. The second-order valence-electron chi connectivity index (χ2n) is 4.77. The number of hydrogen-bond acceptors (Lipinski definition) is 4. The lowest BCUT2D eigenvalue weighted by Crippen LogP contribution is -2.41. The summed E-state index contributed by atoms with van der Waals surface area (Å²) in [6, 6.07) is 7.24. The van der Waals surface area contributed by atoms with Crippen LogP contribution in [0, 0.1) is 5.82 Å². The van der Waals surface area contributed by atoms with Gasteiger partial charge >= 0.3 is 0 Å². The maximum atomic E-state index is 12.8. The van der Waals surface area contributed by atoms with Crippen LogP contribution >= 0.6 is 0 Å². The van der Waals surface area contributed by atoms with E-state index in [0.717, 1.165) is 5.56 Å². The highest BCUT2D eigenvalue weighted by Gasteiger charge is 2.13. The highest BCUT2D eigenvalue weighted by atomic mass is 32.2. The molecule has 0 aliphatic carbocycles. The summed E-state index contributed by atoms with van der Waals surface area (Å²) in [7, 11) is -4.06. The smallest absolute Gasteiger partial charge is 0.271 e. The van der Waals surface area contributed by atoms with E-state index in [9.17, 15) is 17.6 Å². The van der Waals surface area contributed by atoms with Crippen molar-refractivity contribution >= 4 is 16.0 Å². The summed E-state index contributed by atoms with van der Waals surface area (Å²) in [5.41, 5.74) is 1.06. The quantitative estimate of drug-likeness (QED) is 0.583. The zero-order valence-corrected chi connectivity index (χ0v) is 12.8. The molecule has 0 unspecified atom stereocenters. The van der Waals surface area contributed by atoms with Crippen LogP contribution in [0.4, 0.5) is 4.39 Å². The van der Waals surface area contributed by atoms with E-state index in [0.29, 0.717) is 5.56 Å². The van der Waals surface area contributed by atoms with Crippen LogP contribution in [0.5, 0.6) is 0 Å². The molecule has 2 rings (SSSR count). The highest BCUT2D eigenvalue weighted by molar-refractivity contribution is 7.85. The Morgan fingerprint density at radius 2 is 1.96 bits per heavy atom. The molecule has 0 aliphatic rings. The average molecular weight is 340 g/mol. The van der Waals surface area contributed by atoms with Gasteiger partial charge in [0, 0.05) is 12.6 Å². The lowest BCUT2D eigenvalue weighted by molar-refractivity contribution is -0.750. The first kappa shape index (κ1) is 17.0. The number of carbonyl (C=O) groups excluding carboxylic acids is 1. The van der Waals surface area contributed by atoms with Crippen LogP contribution in [0.25, 0.3) is 0 Å². The number of amides is 1. The summed E-state index contributed by atoms with van der Waals surface area (Å²) >= 11 is 0. The van der Waals surface area contributed by atoms with Crippen molar-refractivity contribution in [2.24, 2.45) is 0 Å². The van der Waals surface area contributed by atoms with Crippen LogP contribution in [0.2, 0.25) is 0 Å². The van der Waals surface area contributed by atoms with Gasteiger partial charge in [-0.2, -0.15) is 8.42 Å². The van der Waals surface area contributed by atoms with Gasteiger partial charge in [0.05, 0.1) is 5.56 Å². The molecule has 0 fully saturated rings. The zero-order chi connectivity index (χ0) is 16.9. The van der Waals surface area contributed by atoms with Gasteiger partial charge in [0.1, 0.15) is 17.8 Å². The predicted octanol–water partition coefficient (Wildman–Crippen LogP) is 0.326. The van der Waals surface area contributed by atoms with Crippen molar-refractivity contribution in [1.29, 1.82) is 0 Å². The molecule has 7 nitrogen and oxygen atoms in total. The number of aryl methyl sites for hydroxylation is 1. The molecule has 2 N–H and O–H groups in total. The molecule has 0 spiro atoms. The fraction of sp³-hybridized carbons (Fsp3) is 0.214. The molecule has 1 heterocycles. The molecule has 9 heteroatoms. The lowest BCUT2D eigenvalue weighted by atomic mass is 10.2. The molecule has 2 aromatic rings. The highest BCUT2D eigenvalue weighted by Crippen LogP contribution is 2.03. The molecule has 0 aliphatic heterocycles. The molecule has 1 aromatic carbocycles. The van der Waals surface area contributed by atoms with E-state index in [4.69, 9.17) is 4.55 Å². The third-order valence-electron chi connectivity index (χ3n) is 2.98. The van der Waals surface area contributed by atoms with E-state index in [-0.39, 0.29) is 24.8 Å². The third-order valence-corrected chi connectivity index (χ3v) is 3.68. The van der Waals surface area contributed by atoms with Crippen molar-refractivity contribution in [2.45, 2.75) is 13.1 Å². The molecular formula is C14H15FN3O4S+. The minimum absolute atomic E-state index is 0.0175. The van der Waals surface area contributed by atoms with Crippen molar-refractivity contribution < 1.29 is 26.8 Å². The standard InChI is InChI=1S/C14H14FN3O4S/c15-13-3-1-11(2-4-13)9-16-14(19)12-5-6-18(17-10-12)7-8-23(20,21)22/h1-6,10H,7-9H2,(H-,16,19,20,21,22)/p+1. The van der Waals surface area contributed by atoms with Crippen molar-refractivity contribution in [3.8, 4) is 0 Å². The number of benzene rings is 1. The second kappa shape index (κ2) is 7.25. The Labute approximate surface area is 132 Å². The van der Waals surface area contributed by atoms with Crippen LogP contribution in [0.1, 0.15) is 15.9 Å². The first-order valence-electron chi connectivity index (χ1n) is 6.67. The Bertz CT molecular complexity index is 777. The first-order valence-corrected chi connectivity index (χ1v) is 8.28. The Hall–Kier alpha value is -2.39. The van der Waals surface area contributed by atoms with Gasteiger partial charge in [0.25, 0.3) is 16.0 Å². The van der Waals surface area contributed by atoms with Gasteiger partial charge in [-0.25, -0.2) is 4.39 Å². The van der Waals surface area contributed by atoms with E-state index in [1.807, 2.05) is 0 Å². The van der Waals surface area contributed by atoms with E-state index >= 15 is 0 Å². The summed E-state index contributed by atoms with van der Waals surface area (Å²) in [6.07, 6.45) is 2.74. The summed E-state index contributed by atoms with van der Waals surface area (Å²) in [5.74, 6) is -1.16. The van der Waals surface area contributed by atoms with Crippen molar-refractivity contribution in [3.63, 3.8) is 0 Å². The number of aromatic nitrogens is 2. The molecule has 1 amide bonds. The molecule has 122 valence electrons. The van der Waals surface area contributed by atoms with Gasteiger partial charge in [0.15, 0.2) is 12.7 Å². The largest absolute Gasteiger partial charge is 0.348 e. The van der Waals surface area contributed by atoms with Gasteiger partial charge in [-0.1, -0.05) is 16.8 Å². The molecule has 1 aromatic heterocycles. The molecule has 0 saturated heterocycles. The minimum atomic E-state index is -4.06. The van der Waals surface area contributed by atoms with Crippen molar-refractivity contribution in [1.82, 2.24) is 10.4 Å². The maximum absolute atomic E-state index is 12.8. The second-order valence-corrected chi connectivity index (χ2v) is 6.35. The van der Waals surface area contributed by atoms with Crippen LogP contribution in [-0.2, 0) is 23.2 Å². The SMILES string of the molecule is O=C(NCc1ccc(F)cc1)c1cc[n+](CCS(=O)(=O)O)nc1. The fourth-order valence-corrected chi connectivity index (χ4v) is 2.16. The van der Waals surface area contributed by atoms with Crippen molar-refractivity contribution in [3.05, 3.63) is 59.7 Å². The van der Waals surface area contributed by atoms with Crippen LogP contribution < -0.4 is 10.00 Å². The summed E-state index contributed by atoms with van der Waals surface area (Å²) in [6.45, 7) is 0.229. The number of nitrogens with zero attached hydrogens (tertiary/aromatic N) is 2. The first-order chi connectivity index (χ1) is 10.8. The van der Waals surface area contributed by atoms with Gasteiger partial charge in [-0.05, 0) is 22.8 Å². The Morgan fingerprint density at radius 3 is 2.52 bits per heavy atom. The van der Waals surface area contributed by atoms with Gasteiger partial charge in [-0.3, -0.25) is 9.35 Å². The zero-order valence-electron chi connectivity index (χ0n) is 12.0. The number of carbonyl (C=O) groups is 1. The van der Waals surface area contributed by atoms with Gasteiger partial charge < -0.3 is 5.32 Å². The molecule has 0 saturated carbocycles. The summed E-state index contributed by atoms with van der Waals surface area (Å²) < 4.78 is 44.0. The molecule has 0 radical (unpaired) electrons. The number of rotatable bonds is 6. The Morgan fingerprint density at radius 1 is 1.26 bits per heavy atom. The third kappa shape index (κ3) is 5.72. The van der Waals surface area contributed by atoms with E-state index < -0.39 is 15.9 Å².